The van der Waals surface area contributed by atoms with Crippen molar-refractivity contribution in [1.82, 2.24) is 9.88 Å². The van der Waals surface area contributed by atoms with Crippen LogP contribution >= 0.6 is 0 Å². The monoisotopic (exact) mass is 316 g/mol. The highest BCUT2D eigenvalue weighted by Crippen LogP contribution is 2.10. The maximum atomic E-state index is 12.8. The highest BCUT2D eigenvalue weighted by molar-refractivity contribution is 5.91. The number of carbonyl (C=O) groups is 1. The first-order valence-electron chi connectivity index (χ1n) is 7.42. The van der Waals surface area contributed by atoms with Crippen molar-refractivity contribution < 1.29 is 9.18 Å². The van der Waals surface area contributed by atoms with Crippen molar-refractivity contribution >= 4 is 17.4 Å². The third-order valence-corrected chi connectivity index (χ3v) is 3.20. The number of pyridine rings is 1. The number of rotatable bonds is 7. The topological polar surface area (TPSA) is 57.3 Å². The number of amides is 1. The molecule has 0 atom stereocenters. The zero-order valence-electron chi connectivity index (χ0n) is 13.3. The summed E-state index contributed by atoms with van der Waals surface area (Å²) in [5, 5.41) is 5.98. The molecule has 122 valence electrons. The number of anilines is 2. The third-order valence-electron chi connectivity index (χ3n) is 3.20. The highest BCUT2D eigenvalue weighted by atomic mass is 19.1. The summed E-state index contributed by atoms with van der Waals surface area (Å²) in [5.74, 6) is 0.000812. The van der Waals surface area contributed by atoms with Crippen LogP contribution in [0.5, 0.6) is 0 Å². The second-order valence-electron chi connectivity index (χ2n) is 5.51. The van der Waals surface area contributed by atoms with E-state index in [4.69, 9.17) is 0 Å². The number of halogens is 1. The standard InChI is InChI=1S/C17H21FN4O/c1-22(2)10-9-19-15-7-8-16(20-12-15)21-17(23)11-13-3-5-14(18)6-4-13/h3-8,12,19H,9-11H2,1-2H3,(H,20,21,23). The van der Waals surface area contributed by atoms with Crippen molar-refractivity contribution in [2.24, 2.45) is 0 Å². The lowest BCUT2D eigenvalue weighted by molar-refractivity contribution is -0.115. The summed E-state index contributed by atoms with van der Waals surface area (Å²) in [6.45, 7) is 1.75. The van der Waals surface area contributed by atoms with Crippen LogP contribution < -0.4 is 10.6 Å². The van der Waals surface area contributed by atoms with Gasteiger partial charge in [-0.3, -0.25) is 4.79 Å². The van der Waals surface area contributed by atoms with E-state index in [0.717, 1.165) is 24.3 Å². The molecule has 5 nitrogen and oxygen atoms in total. The van der Waals surface area contributed by atoms with E-state index in [1.165, 1.54) is 12.1 Å². The summed E-state index contributed by atoms with van der Waals surface area (Å²) in [6.07, 6.45) is 1.87. The summed E-state index contributed by atoms with van der Waals surface area (Å²) in [4.78, 5) is 18.2. The predicted octanol–water partition coefficient (Wildman–Crippen LogP) is 2.38. The number of hydrogen-bond donors (Lipinski definition) is 2. The highest BCUT2D eigenvalue weighted by Gasteiger charge is 2.05. The minimum atomic E-state index is -0.312. The van der Waals surface area contributed by atoms with E-state index in [1.807, 2.05) is 20.2 Å². The fourth-order valence-corrected chi connectivity index (χ4v) is 1.97. The van der Waals surface area contributed by atoms with E-state index in [2.05, 4.69) is 20.5 Å². The SMILES string of the molecule is CN(C)CCNc1ccc(NC(=O)Cc2ccc(F)cc2)nc1. The van der Waals surface area contributed by atoms with Crippen molar-refractivity contribution in [3.63, 3.8) is 0 Å². The number of nitrogens with one attached hydrogen (secondary N) is 2. The van der Waals surface area contributed by atoms with Crippen molar-refractivity contribution in [2.75, 3.05) is 37.8 Å². The van der Waals surface area contributed by atoms with Crippen LogP contribution in [0, 0.1) is 5.82 Å². The molecule has 23 heavy (non-hydrogen) atoms. The first-order chi connectivity index (χ1) is 11.0. The van der Waals surface area contributed by atoms with Gasteiger partial charge in [-0.05, 0) is 43.9 Å². The van der Waals surface area contributed by atoms with Crippen LogP contribution in [0.15, 0.2) is 42.6 Å². The van der Waals surface area contributed by atoms with Gasteiger partial charge in [-0.25, -0.2) is 9.37 Å². The largest absolute Gasteiger partial charge is 0.383 e. The van der Waals surface area contributed by atoms with Gasteiger partial charge in [0.1, 0.15) is 11.6 Å². The smallest absolute Gasteiger partial charge is 0.229 e. The second-order valence-corrected chi connectivity index (χ2v) is 5.51. The maximum absolute atomic E-state index is 12.8. The summed E-state index contributed by atoms with van der Waals surface area (Å²) >= 11 is 0. The molecule has 2 N–H and O–H groups in total. The van der Waals surface area contributed by atoms with Crippen LogP contribution in [0.25, 0.3) is 0 Å². The molecule has 2 rings (SSSR count). The van der Waals surface area contributed by atoms with Gasteiger partial charge < -0.3 is 15.5 Å². The van der Waals surface area contributed by atoms with Gasteiger partial charge in [0.15, 0.2) is 0 Å². The van der Waals surface area contributed by atoms with Crippen molar-refractivity contribution in [2.45, 2.75) is 6.42 Å². The van der Waals surface area contributed by atoms with E-state index >= 15 is 0 Å². The van der Waals surface area contributed by atoms with Gasteiger partial charge >= 0.3 is 0 Å². The molecule has 0 saturated carbocycles. The zero-order chi connectivity index (χ0) is 16.7. The Morgan fingerprint density at radius 2 is 1.91 bits per heavy atom. The van der Waals surface area contributed by atoms with Gasteiger partial charge in [-0.1, -0.05) is 12.1 Å². The lowest BCUT2D eigenvalue weighted by Crippen LogP contribution is -2.20. The van der Waals surface area contributed by atoms with Crippen LogP contribution in [0.1, 0.15) is 5.56 Å². The Labute approximate surface area is 135 Å². The Balaban J connectivity index is 1.82. The number of aromatic nitrogens is 1. The lowest BCUT2D eigenvalue weighted by Gasteiger charge is -2.11. The Morgan fingerprint density at radius 3 is 2.52 bits per heavy atom. The number of benzene rings is 1. The minimum absolute atomic E-state index is 0.183. The molecule has 0 aliphatic heterocycles. The Kier molecular flexibility index (Phi) is 6.05. The quantitative estimate of drug-likeness (QED) is 0.823. The summed E-state index contributed by atoms with van der Waals surface area (Å²) in [6, 6.07) is 9.50. The molecule has 0 aliphatic carbocycles. The number of carbonyl (C=O) groups excluding carboxylic acids is 1. The predicted molar refractivity (Wildman–Crippen MR) is 90.0 cm³/mol. The zero-order valence-corrected chi connectivity index (χ0v) is 13.3. The fraction of sp³-hybridized carbons (Fsp3) is 0.294. The molecule has 1 aromatic carbocycles. The summed E-state index contributed by atoms with van der Waals surface area (Å²) in [5.41, 5.74) is 1.66. The molecule has 2 aromatic rings. The number of likely N-dealkylation sites (N-methyl/N-ethyl adjacent to an activating group) is 1. The molecule has 0 bridgehead atoms. The molecule has 1 heterocycles. The van der Waals surface area contributed by atoms with Gasteiger partial charge in [0, 0.05) is 13.1 Å². The molecule has 6 heteroatoms. The van der Waals surface area contributed by atoms with Crippen molar-refractivity contribution in [3.05, 3.63) is 54.0 Å². The second kappa shape index (κ2) is 8.24. The number of nitrogens with zero attached hydrogens (tertiary/aromatic N) is 2. The maximum Gasteiger partial charge on any atom is 0.229 e. The van der Waals surface area contributed by atoms with E-state index in [1.54, 1.807) is 24.4 Å². The summed E-state index contributed by atoms with van der Waals surface area (Å²) in [7, 11) is 4.03. The van der Waals surface area contributed by atoms with Gasteiger partial charge in [0.05, 0.1) is 18.3 Å². The number of hydrogen-bond acceptors (Lipinski definition) is 4. The minimum Gasteiger partial charge on any atom is -0.383 e. The Bertz CT molecular complexity index is 626. The van der Waals surface area contributed by atoms with E-state index in [-0.39, 0.29) is 18.1 Å². The van der Waals surface area contributed by atoms with Gasteiger partial charge in [0.25, 0.3) is 0 Å². The Hall–Kier alpha value is -2.47. The molecular weight excluding hydrogens is 295 g/mol. The van der Waals surface area contributed by atoms with Crippen LogP contribution in [0.4, 0.5) is 15.9 Å². The van der Waals surface area contributed by atoms with Crippen LogP contribution in [-0.2, 0) is 11.2 Å². The first kappa shape index (κ1) is 16.9. The molecule has 0 unspecified atom stereocenters. The average molecular weight is 316 g/mol. The van der Waals surface area contributed by atoms with E-state index in [9.17, 15) is 9.18 Å². The van der Waals surface area contributed by atoms with Crippen LogP contribution in [0.2, 0.25) is 0 Å². The molecule has 0 saturated heterocycles. The molecule has 0 fully saturated rings. The van der Waals surface area contributed by atoms with Crippen LogP contribution in [-0.4, -0.2) is 43.0 Å². The molecule has 0 spiro atoms. The van der Waals surface area contributed by atoms with Crippen molar-refractivity contribution in [3.8, 4) is 0 Å². The molecular formula is C17H21FN4O. The van der Waals surface area contributed by atoms with Crippen molar-refractivity contribution in [1.29, 1.82) is 0 Å². The fourth-order valence-electron chi connectivity index (χ4n) is 1.97. The molecule has 0 aliphatic rings. The van der Waals surface area contributed by atoms with Gasteiger partial charge in [0.2, 0.25) is 5.91 Å². The molecule has 1 amide bonds. The Morgan fingerprint density at radius 1 is 1.17 bits per heavy atom. The summed E-state index contributed by atoms with van der Waals surface area (Å²) < 4.78 is 12.8. The molecule has 0 radical (unpaired) electrons. The van der Waals surface area contributed by atoms with E-state index < -0.39 is 0 Å². The normalized spacial score (nSPS) is 10.6. The third kappa shape index (κ3) is 6.04. The van der Waals surface area contributed by atoms with Gasteiger partial charge in [-0.2, -0.15) is 0 Å². The first-order valence-corrected chi connectivity index (χ1v) is 7.42. The van der Waals surface area contributed by atoms with E-state index in [0.29, 0.717) is 5.82 Å². The molecule has 1 aromatic heterocycles. The average Bonchev–Trinajstić information content (AvgIpc) is 2.51. The lowest BCUT2D eigenvalue weighted by atomic mass is 10.1. The van der Waals surface area contributed by atoms with Crippen LogP contribution in [0.3, 0.4) is 0 Å². The van der Waals surface area contributed by atoms with Gasteiger partial charge in [-0.15, -0.1) is 0 Å².